The summed E-state index contributed by atoms with van der Waals surface area (Å²) in [5.41, 5.74) is 2.90. The van der Waals surface area contributed by atoms with Gasteiger partial charge in [0.05, 0.1) is 11.3 Å². The molecule has 0 bridgehead atoms. The highest BCUT2D eigenvalue weighted by Gasteiger charge is 2.15. The number of hydrogen-bond acceptors (Lipinski definition) is 3. The van der Waals surface area contributed by atoms with Crippen LogP contribution in [0.25, 0.3) is 0 Å². The van der Waals surface area contributed by atoms with Crippen LogP contribution in [0.1, 0.15) is 21.7 Å². The van der Waals surface area contributed by atoms with Crippen LogP contribution in [0.4, 0.5) is 5.69 Å². The molecule has 0 unspecified atom stereocenters. The number of aromatic amines is 1. The second-order valence-electron chi connectivity index (χ2n) is 3.99. The zero-order valence-electron chi connectivity index (χ0n) is 10.6. The molecule has 5 heteroatoms. The first-order valence-corrected chi connectivity index (χ1v) is 6.81. The molecule has 0 aliphatic carbocycles. The van der Waals surface area contributed by atoms with Gasteiger partial charge in [-0.1, -0.05) is 0 Å². The molecule has 0 radical (unpaired) electrons. The number of rotatable bonds is 3. The average Bonchev–Trinajstić information content (AvgIpc) is 2.70. The Labute approximate surface area is 110 Å². The summed E-state index contributed by atoms with van der Waals surface area (Å²) in [7, 11) is 0. The summed E-state index contributed by atoms with van der Waals surface area (Å²) in [5, 5.41) is 9.69. The molecule has 0 fully saturated rings. The minimum absolute atomic E-state index is 0.129. The van der Waals surface area contributed by atoms with Crippen LogP contribution < -0.4 is 5.32 Å². The molecule has 2 aromatic rings. The van der Waals surface area contributed by atoms with E-state index in [0.717, 1.165) is 11.4 Å². The summed E-state index contributed by atoms with van der Waals surface area (Å²) in [6, 6.07) is 7.76. The number of amides is 1. The van der Waals surface area contributed by atoms with Crippen LogP contribution in [0.5, 0.6) is 0 Å². The van der Waals surface area contributed by atoms with E-state index < -0.39 is 0 Å². The Morgan fingerprint density at radius 2 is 1.94 bits per heavy atom. The van der Waals surface area contributed by atoms with Crippen molar-refractivity contribution in [3.8, 4) is 0 Å². The fraction of sp³-hybridized carbons (Fsp3) is 0.231. The first-order chi connectivity index (χ1) is 8.61. The van der Waals surface area contributed by atoms with Gasteiger partial charge in [0.25, 0.3) is 5.91 Å². The summed E-state index contributed by atoms with van der Waals surface area (Å²) in [6.45, 7) is 3.65. The minimum atomic E-state index is -0.129. The number of carbonyl (C=O) groups is 1. The summed E-state index contributed by atoms with van der Waals surface area (Å²) in [5.74, 6) is -0.129. The molecular formula is C13H15N3OS. The minimum Gasteiger partial charge on any atom is -0.322 e. The summed E-state index contributed by atoms with van der Waals surface area (Å²) >= 11 is 1.67. The van der Waals surface area contributed by atoms with Gasteiger partial charge in [-0.15, -0.1) is 11.8 Å². The fourth-order valence-electron chi connectivity index (χ4n) is 1.75. The first kappa shape index (κ1) is 12.7. The Balaban J connectivity index is 2.16. The molecule has 0 aliphatic heterocycles. The molecular weight excluding hydrogens is 246 g/mol. The molecule has 2 N–H and O–H groups in total. The van der Waals surface area contributed by atoms with Crippen molar-refractivity contribution in [3.63, 3.8) is 0 Å². The molecule has 94 valence electrons. The SMILES string of the molecule is CSc1ccc(NC(=O)c2c(C)n[nH]c2C)cc1. The Kier molecular flexibility index (Phi) is 3.72. The van der Waals surface area contributed by atoms with E-state index in [4.69, 9.17) is 0 Å². The second kappa shape index (κ2) is 5.27. The maximum absolute atomic E-state index is 12.1. The van der Waals surface area contributed by atoms with Gasteiger partial charge in [-0.3, -0.25) is 9.89 Å². The van der Waals surface area contributed by atoms with E-state index in [-0.39, 0.29) is 5.91 Å². The van der Waals surface area contributed by atoms with E-state index in [1.54, 1.807) is 11.8 Å². The summed E-state index contributed by atoms with van der Waals surface area (Å²) < 4.78 is 0. The molecule has 0 atom stereocenters. The lowest BCUT2D eigenvalue weighted by Gasteiger charge is -2.06. The van der Waals surface area contributed by atoms with Gasteiger partial charge in [0.15, 0.2) is 0 Å². The molecule has 0 spiro atoms. The molecule has 2 rings (SSSR count). The molecule has 4 nitrogen and oxygen atoms in total. The zero-order valence-corrected chi connectivity index (χ0v) is 11.4. The third kappa shape index (κ3) is 2.56. The molecule has 18 heavy (non-hydrogen) atoms. The van der Waals surface area contributed by atoms with Gasteiger partial charge in [0.2, 0.25) is 0 Å². The van der Waals surface area contributed by atoms with Crippen molar-refractivity contribution in [2.24, 2.45) is 0 Å². The molecule has 1 aromatic heterocycles. The molecule has 0 saturated heterocycles. The topological polar surface area (TPSA) is 57.8 Å². The van der Waals surface area contributed by atoms with E-state index in [1.165, 1.54) is 4.90 Å². The van der Waals surface area contributed by atoms with Crippen LogP contribution >= 0.6 is 11.8 Å². The maximum Gasteiger partial charge on any atom is 0.259 e. The van der Waals surface area contributed by atoms with Crippen LogP contribution in [-0.2, 0) is 0 Å². The largest absolute Gasteiger partial charge is 0.322 e. The highest BCUT2D eigenvalue weighted by atomic mass is 32.2. The number of nitrogens with zero attached hydrogens (tertiary/aromatic N) is 1. The third-order valence-corrected chi connectivity index (χ3v) is 3.45. The lowest BCUT2D eigenvalue weighted by Crippen LogP contribution is -2.13. The lowest BCUT2D eigenvalue weighted by molar-refractivity contribution is 0.102. The van der Waals surface area contributed by atoms with Crippen LogP contribution in [0.3, 0.4) is 0 Å². The molecule has 0 aliphatic rings. The Morgan fingerprint density at radius 1 is 1.28 bits per heavy atom. The average molecular weight is 261 g/mol. The van der Waals surface area contributed by atoms with Crippen molar-refractivity contribution in [3.05, 3.63) is 41.2 Å². The maximum atomic E-state index is 12.1. The van der Waals surface area contributed by atoms with Crippen LogP contribution in [0, 0.1) is 13.8 Å². The summed E-state index contributed by atoms with van der Waals surface area (Å²) in [4.78, 5) is 13.3. The van der Waals surface area contributed by atoms with Crippen molar-refractivity contribution in [2.75, 3.05) is 11.6 Å². The predicted molar refractivity (Wildman–Crippen MR) is 74.2 cm³/mol. The molecule has 1 heterocycles. The number of H-pyrrole nitrogens is 1. The Morgan fingerprint density at radius 3 is 2.44 bits per heavy atom. The smallest absolute Gasteiger partial charge is 0.259 e. The van der Waals surface area contributed by atoms with E-state index in [0.29, 0.717) is 11.3 Å². The number of aromatic nitrogens is 2. The number of anilines is 1. The number of thioether (sulfide) groups is 1. The Hall–Kier alpha value is -1.75. The predicted octanol–water partition coefficient (Wildman–Crippen LogP) is 3.00. The zero-order chi connectivity index (χ0) is 13.1. The van der Waals surface area contributed by atoms with Gasteiger partial charge in [0, 0.05) is 16.3 Å². The standard InChI is InChI=1S/C13H15N3OS/c1-8-12(9(2)16-15-8)13(17)14-10-4-6-11(18-3)7-5-10/h4-7H,1-3H3,(H,14,17)(H,15,16). The van der Waals surface area contributed by atoms with Crippen LogP contribution in [-0.4, -0.2) is 22.4 Å². The highest BCUT2D eigenvalue weighted by molar-refractivity contribution is 7.98. The Bertz CT molecular complexity index is 541. The number of carbonyl (C=O) groups excluding carboxylic acids is 1. The van der Waals surface area contributed by atoms with Crippen molar-refractivity contribution >= 4 is 23.4 Å². The van der Waals surface area contributed by atoms with Crippen molar-refractivity contribution in [1.82, 2.24) is 10.2 Å². The monoisotopic (exact) mass is 261 g/mol. The number of benzene rings is 1. The van der Waals surface area contributed by atoms with Gasteiger partial charge in [-0.05, 0) is 44.4 Å². The number of hydrogen-bond donors (Lipinski definition) is 2. The van der Waals surface area contributed by atoms with E-state index >= 15 is 0 Å². The third-order valence-electron chi connectivity index (χ3n) is 2.70. The lowest BCUT2D eigenvalue weighted by atomic mass is 10.2. The highest BCUT2D eigenvalue weighted by Crippen LogP contribution is 2.18. The van der Waals surface area contributed by atoms with Gasteiger partial charge < -0.3 is 5.32 Å². The number of aryl methyl sites for hydroxylation is 2. The van der Waals surface area contributed by atoms with Crippen molar-refractivity contribution in [2.45, 2.75) is 18.7 Å². The molecule has 1 aromatic carbocycles. The fourth-order valence-corrected chi connectivity index (χ4v) is 2.16. The van der Waals surface area contributed by atoms with E-state index in [9.17, 15) is 4.79 Å². The second-order valence-corrected chi connectivity index (χ2v) is 4.87. The van der Waals surface area contributed by atoms with Gasteiger partial charge in [-0.2, -0.15) is 5.10 Å². The molecule has 1 amide bonds. The van der Waals surface area contributed by atoms with Gasteiger partial charge in [-0.25, -0.2) is 0 Å². The quantitative estimate of drug-likeness (QED) is 0.835. The van der Waals surface area contributed by atoms with E-state index in [1.807, 2.05) is 44.4 Å². The van der Waals surface area contributed by atoms with Crippen LogP contribution in [0.15, 0.2) is 29.2 Å². The van der Waals surface area contributed by atoms with Crippen LogP contribution in [0.2, 0.25) is 0 Å². The molecule has 0 saturated carbocycles. The van der Waals surface area contributed by atoms with Gasteiger partial charge in [0.1, 0.15) is 0 Å². The van der Waals surface area contributed by atoms with Crippen molar-refractivity contribution < 1.29 is 4.79 Å². The van der Waals surface area contributed by atoms with E-state index in [2.05, 4.69) is 15.5 Å². The van der Waals surface area contributed by atoms with Crippen molar-refractivity contribution in [1.29, 1.82) is 0 Å². The number of nitrogens with one attached hydrogen (secondary N) is 2. The van der Waals surface area contributed by atoms with Gasteiger partial charge >= 0.3 is 0 Å². The normalized spacial score (nSPS) is 10.4. The first-order valence-electron chi connectivity index (χ1n) is 5.59. The summed E-state index contributed by atoms with van der Waals surface area (Å²) in [6.07, 6.45) is 2.02.